The Morgan fingerprint density at radius 3 is 2.55 bits per heavy atom. The number of nitrogens with zero attached hydrogens (tertiary/aromatic N) is 3. The minimum absolute atomic E-state index is 0.0237. The van der Waals surface area contributed by atoms with Crippen LogP contribution in [0.5, 0.6) is 0 Å². The summed E-state index contributed by atoms with van der Waals surface area (Å²) in [6.07, 6.45) is 6.64. The summed E-state index contributed by atoms with van der Waals surface area (Å²) < 4.78 is 23.9. The first-order chi connectivity index (χ1) is 14.2. The highest BCUT2D eigenvalue weighted by Gasteiger charge is 2.27. The molecule has 4 rings (SSSR count). The molecule has 0 N–H and O–H groups in total. The van der Waals surface area contributed by atoms with E-state index in [-0.39, 0.29) is 24.9 Å². The van der Waals surface area contributed by atoms with Crippen LogP contribution in [0.1, 0.15) is 37.8 Å². The van der Waals surface area contributed by atoms with Crippen molar-refractivity contribution in [3.05, 3.63) is 41.8 Å². The van der Waals surface area contributed by atoms with Crippen molar-refractivity contribution in [1.82, 2.24) is 15.0 Å². The number of ether oxygens (including phenoxy) is 1. The first kappa shape index (κ1) is 20.0. The van der Waals surface area contributed by atoms with Crippen molar-refractivity contribution in [2.75, 3.05) is 32.8 Å². The maximum Gasteiger partial charge on any atom is 0.248 e. The Bertz CT molecular complexity index is 794. The number of hydrogen-bond acceptors (Lipinski definition) is 5. The first-order valence-corrected chi connectivity index (χ1v) is 10.5. The Hall–Kier alpha value is -2.25. The zero-order valence-corrected chi connectivity index (χ0v) is 16.7. The van der Waals surface area contributed by atoms with Crippen LogP contribution in [0, 0.1) is 5.82 Å². The molecule has 6 nitrogen and oxygen atoms in total. The van der Waals surface area contributed by atoms with E-state index in [9.17, 15) is 9.18 Å². The van der Waals surface area contributed by atoms with E-state index in [2.05, 4.69) is 10.1 Å². The smallest absolute Gasteiger partial charge is 0.248 e. The molecule has 1 aromatic carbocycles. The normalized spacial score (nSPS) is 18.9. The van der Waals surface area contributed by atoms with E-state index in [1.807, 2.05) is 4.90 Å². The molecule has 1 aliphatic heterocycles. The summed E-state index contributed by atoms with van der Waals surface area (Å²) in [6, 6.07) is 8.48. The molecule has 1 aromatic heterocycles. The predicted octanol–water partition coefficient (Wildman–Crippen LogP) is 3.47. The third-order valence-electron chi connectivity index (χ3n) is 5.92. The van der Waals surface area contributed by atoms with E-state index in [4.69, 9.17) is 9.26 Å². The Labute approximate surface area is 170 Å². The molecule has 2 aliphatic rings. The van der Waals surface area contributed by atoms with Crippen molar-refractivity contribution in [2.24, 2.45) is 0 Å². The number of benzene rings is 1. The maximum atomic E-state index is 13.0. The van der Waals surface area contributed by atoms with Gasteiger partial charge in [0.1, 0.15) is 18.1 Å². The highest BCUT2D eigenvalue weighted by atomic mass is 19.1. The highest BCUT2D eigenvalue weighted by molar-refractivity contribution is 5.77. The molecule has 1 saturated heterocycles. The van der Waals surface area contributed by atoms with E-state index >= 15 is 0 Å². The Morgan fingerprint density at radius 2 is 1.83 bits per heavy atom. The molecule has 0 bridgehead atoms. The van der Waals surface area contributed by atoms with Gasteiger partial charge < -0.3 is 14.2 Å². The lowest BCUT2D eigenvalue weighted by molar-refractivity contribution is -0.138. The van der Waals surface area contributed by atoms with Gasteiger partial charge in [-0.3, -0.25) is 9.69 Å². The van der Waals surface area contributed by atoms with Crippen LogP contribution in [0.4, 0.5) is 4.39 Å². The second kappa shape index (κ2) is 9.50. The molecule has 156 valence electrons. The number of piperazine rings is 1. The molecule has 29 heavy (non-hydrogen) atoms. The van der Waals surface area contributed by atoms with Crippen LogP contribution < -0.4 is 0 Å². The lowest BCUT2D eigenvalue weighted by atomic mass is 9.94. The van der Waals surface area contributed by atoms with Crippen molar-refractivity contribution < 1.29 is 18.4 Å². The number of carbonyl (C=O) groups is 1. The van der Waals surface area contributed by atoms with Crippen LogP contribution >= 0.6 is 0 Å². The number of rotatable bonds is 6. The molecular formula is C22H28FN3O3. The topological polar surface area (TPSA) is 58.8 Å². The Kier molecular flexibility index (Phi) is 6.56. The van der Waals surface area contributed by atoms with Crippen LogP contribution in [0.25, 0.3) is 11.3 Å². The third kappa shape index (κ3) is 5.22. The number of aromatic nitrogens is 1. The van der Waals surface area contributed by atoms with Crippen LogP contribution in [0.3, 0.4) is 0 Å². The summed E-state index contributed by atoms with van der Waals surface area (Å²) in [5.74, 6) is 0.277. The highest BCUT2D eigenvalue weighted by Crippen LogP contribution is 2.24. The molecule has 1 amide bonds. The van der Waals surface area contributed by atoms with Crippen LogP contribution in [0.2, 0.25) is 0 Å². The number of halogens is 1. The van der Waals surface area contributed by atoms with Crippen molar-refractivity contribution >= 4 is 5.91 Å². The minimum Gasteiger partial charge on any atom is -0.365 e. The molecule has 2 aromatic rings. The largest absolute Gasteiger partial charge is 0.365 e. The monoisotopic (exact) mass is 401 g/mol. The maximum absolute atomic E-state index is 13.0. The Morgan fingerprint density at radius 1 is 1.10 bits per heavy atom. The zero-order chi connectivity index (χ0) is 20.1. The SMILES string of the molecule is O=C(COCc1cc(-c2ccc(F)cc2)on1)N1CCN(C2CCCCC2)CC1. The fourth-order valence-corrected chi connectivity index (χ4v) is 4.25. The van der Waals surface area contributed by atoms with Crippen LogP contribution in [-0.2, 0) is 16.1 Å². The van der Waals surface area contributed by atoms with Gasteiger partial charge >= 0.3 is 0 Å². The number of hydrogen-bond donors (Lipinski definition) is 0. The molecule has 1 aliphatic carbocycles. The van der Waals surface area contributed by atoms with Crippen molar-refractivity contribution in [1.29, 1.82) is 0 Å². The van der Waals surface area contributed by atoms with Gasteiger partial charge in [-0.2, -0.15) is 0 Å². The molecule has 0 atom stereocenters. The Balaban J connectivity index is 1.19. The number of amides is 1. The van der Waals surface area contributed by atoms with Gasteiger partial charge in [0.25, 0.3) is 0 Å². The summed E-state index contributed by atoms with van der Waals surface area (Å²) in [5.41, 5.74) is 1.36. The first-order valence-electron chi connectivity index (χ1n) is 10.5. The van der Waals surface area contributed by atoms with E-state index in [1.54, 1.807) is 18.2 Å². The summed E-state index contributed by atoms with van der Waals surface area (Å²) in [5, 5.41) is 3.96. The minimum atomic E-state index is -0.296. The fourth-order valence-electron chi connectivity index (χ4n) is 4.25. The molecule has 0 spiro atoms. The van der Waals surface area contributed by atoms with Crippen molar-refractivity contribution in [3.8, 4) is 11.3 Å². The fraction of sp³-hybridized carbons (Fsp3) is 0.545. The summed E-state index contributed by atoms with van der Waals surface area (Å²) in [4.78, 5) is 16.9. The van der Waals surface area contributed by atoms with Crippen molar-refractivity contribution in [2.45, 2.75) is 44.8 Å². The average Bonchev–Trinajstić information content (AvgIpc) is 3.24. The number of carbonyl (C=O) groups excluding carboxylic acids is 1. The van der Waals surface area contributed by atoms with Gasteiger partial charge in [-0.1, -0.05) is 24.4 Å². The third-order valence-corrected chi connectivity index (χ3v) is 5.92. The second-order valence-corrected chi connectivity index (χ2v) is 7.89. The lowest BCUT2D eigenvalue weighted by Gasteiger charge is -2.40. The standard InChI is InChI=1S/C22H28FN3O3/c23-18-8-6-17(7-9-18)21-14-19(24-29-21)15-28-16-22(27)26-12-10-25(11-13-26)20-4-2-1-3-5-20/h6-9,14,20H,1-5,10-13,15-16H2. The predicted molar refractivity (Wildman–Crippen MR) is 107 cm³/mol. The van der Waals surface area contributed by atoms with Gasteiger partial charge in [0, 0.05) is 43.9 Å². The van der Waals surface area contributed by atoms with E-state index in [1.165, 1.54) is 44.2 Å². The average molecular weight is 401 g/mol. The lowest BCUT2D eigenvalue weighted by Crippen LogP contribution is -2.53. The van der Waals surface area contributed by atoms with E-state index in [0.717, 1.165) is 31.7 Å². The molecular weight excluding hydrogens is 373 g/mol. The molecule has 1 saturated carbocycles. The van der Waals surface area contributed by atoms with E-state index in [0.29, 0.717) is 17.5 Å². The molecule has 7 heteroatoms. The van der Waals surface area contributed by atoms with Crippen LogP contribution in [0.15, 0.2) is 34.9 Å². The van der Waals surface area contributed by atoms with Gasteiger partial charge in [-0.25, -0.2) is 4.39 Å². The zero-order valence-electron chi connectivity index (χ0n) is 16.7. The van der Waals surface area contributed by atoms with Gasteiger partial charge in [0.05, 0.1) is 6.61 Å². The summed E-state index contributed by atoms with van der Waals surface area (Å²) >= 11 is 0. The van der Waals surface area contributed by atoms with Crippen molar-refractivity contribution in [3.63, 3.8) is 0 Å². The summed E-state index contributed by atoms with van der Waals surface area (Å²) in [6.45, 7) is 3.72. The quantitative estimate of drug-likeness (QED) is 0.742. The summed E-state index contributed by atoms with van der Waals surface area (Å²) in [7, 11) is 0. The molecule has 2 heterocycles. The molecule has 0 unspecified atom stereocenters. The second-order valence-electron chi connectivity index (χ2n) is 7.89. The van der Waals surface area contributed by atoms with Crippen LogP contribution in [-0.4, -0.2) is 59.7 Å². The van der Waals surface area contributed by atoms with Gasteiger partial charge in [-0.05, 0) is 37.1 Å². The molecule has 2 fully saturated rings. The van der Waals surface area contributed by atoms with Gasteiger partial charge in [0.15, 0.2) is 5.76 Å². The molecule has 0 radical (unpaired) electrons. The van der Waals surface area contributed by atoms with E-state index < -0.39 is 0 Å². The van der Waals surface area contributed by atoms with Gasteiger partial charge in [0.2, 0.25) is 5.91 Å². The van der Waals surface area contributed by atoms with Gasteiger partial charge in [-0.15, -0.1) is 0 Å².